The molecule has 26 heavy (non-hydrogen) atoms. The van der Waals surface area contributed by atoms with Gasteiger partial charge in [0.15, 0.2) is 4.80 Å². The third-order valence-electron chi connectivity index (χ3n) is 4.01. The van der Waals surface area contributed by atoms with E-state index in [1.165, 1.54) is 10.6 Å². The van der Waals surface area contributed by atoms with E-state index in [2.05, 4.69) is 30.5 Å². The Hall–Kier alpha value is -1.79. The molecule has 0 radical (unpaired) electrons. The topological polar surface area (TPSA) is 48.1 Å². The van der Waals surface area contributed by atoms with Gasteiger partial charge in [0.25, 0.3) is 0 Å². The van der Waals surface area contributed by atoms with E-state index >= 15 is 0 Å². The second kappa shape index (κ2) is 9.78. The van der Waals surface area contributed by atoms with Crippen LogP contribution in [0.4, 0.5) is 0 Å². The monoisotopic (exact) mass is 395 g/mol. The summed E-state index contributed by atoms with van der Waals surface area (Å²) < 4.78 is 7.70. The van der Waals surface area contributed by atoms with Gasteiger partial charge in [-0.15, -0.1) is 11.3 Å². The number of benzene rings is 1. The Morgan fingerprint density at radius 1 is 1.27 bits per heavy atom. The van der Waals surface area contributed by atoms with E-state index in [9.17, 15) is 0 Å². The number of methoxy groups -OCH3 is 1. The standard InChI is InChI=1S/C19H26ClN3O2S/c1-6-8-11-23-13(3)14(4)26-19(23)21-18(22-25-7-2)16-12-15(20)9-10-17(16)24-5/h9-10,12H,6-8,11H2,1-5H3/b21-19?,22-18+. The number of oxime groups is 1. The van der Waals surface area contributed by atoms with E-state index in [-0.39, 0.29) is 0 Å². The van der Waals surface area contributed by atoms with Crippen molar-refractivity contribution in [2.24, 2.45) is 10.1 Å². The summed E-state index contributed by atoms with van der Waals surface area (Å²) in [6.45, 7) is 9.70. The van der Waals surface area contributed by atoms with Gasteiger partial charge >= 0.3 is 0 Å². The van der Waals surface area contributed by atoms with E-state index in [4.69, 9.17) is 26.2 Å². The largest absolute Gasteiger partial charge is 0.496 e. The van der Waals surface area contributed by atoms with Crippen molar-refractivity contribution in [3.05, 3.63) is 44.2 Å². The molecule has 2 rings (SSSR count). The second-order valence-electron chi connectivity index (χ2n) is 5.82. The molecule has 0 atom stereocenters. The normalized spacial score (nSPS) is 12.5. The molecule has 0 saturated heterocycles. The van der Waals surface area contributed by atoms with Crippen LogP contribution >= 0.6 is 22.9 Å². The van der Waals surface area contributed by atoms with Crippen molar-refractivity contribution < 1.29 is 9.57 Å². The van der Waals surface area contributed by atoms with Crippen LogP contribution in [0.15, 0.2) is 28.3 Å². The van der Waals surface area contributed by atoms with E-state index < -0.39 is 0 Å². The van der Waals surface area contributed by atoms with E-state index in [1.807, 2.05) is 13.0 Å². The zero-order valence-corrected chi connectivity index (χ0v) is 17.6. The SMILES string of the molecule is CCCCn1c(C)c(C)sc1=N/C(=N/OCC)c1cc(Cl)ccc1OC. The predicted octanol–water partition coefficient (Wildman–Crippen LogP) is 4.93. The summed E-state index contributed by atoms with van der Waals surface area (Å²) in [5.41, 5.74) is 1.94. The van der Waals surface area contributed by atoms with Crippen molar-refractivity contribution in [2.45, 2.75) is 47.1 Å². The minimum atomic E-state index is 0.456. The van der Waals surface area contributed by atoms with Gasteiger partial charge in [-0.05, 0) is 45.4 Å². The number of halogens is 1. The smallest absolute Gasteiger partial charge is 0.205 e. The third kappa shape index (κ3) is 4.89. The fraction of sp³-hybridized carbons (Fsp3) is 0.474. The average Bonchev–Trinajstić information content (AvgIpc) is 2.90. The summed E-state index contributed by atoms with van der Waals surface area (Å²) in [4.78, 5) is 12.3. The quantitative estimate of drug-likeness (QED) is 0.379. The van der Waals surface area contributed by atoms with Crippen LogP contribution in [0.5, 0.6) is 5.75 Å². The molecule has 0 aliphatic carbocycles. The molecule has 0 aliphatic rings. The first kappa shape index (κ1) is 20.5. The van der Waals surface area contributed by atoms with E-state index in [0.29, 0.717) is 28.8 Å². The first-order valence-corrected chi connectivity index (χ1v) is 9.96. The number of rotatable bonds is 7. The van der Waals surface area contributed by atoms with Gasteiger partial charge in [-0.3, -0.25) is 0 Å². The van der Waals surface area contributed by atoms with Crippen molar-refractivity contribution in [1.29, 1.82) is 0 Å². The van der Waals surface area contributed by atoms with Crippen LogP contribution in [0, 0.1) is 13.8 Å². The third-order valence-corrected chi connectivity index (χ3v) is 5.34. The summed E-state index contributed by atoms with van der Waals surface area (Å²) in [5, 5.41) is 4.82. The molecule has 0 fully saturated rings. The molecular weight excluding hydrogens is 370 g/mol. The Morgan fingerprint density at radius 2 is 2.04 bits per heavy atom. The highest BCUT2D eigenvalue weighted by Gasteiger charge is 2.14. The van der Waals surface area contributed by atoms with Crippen molar-refractivity contribution in [1.82, 2.24) is 4.57 Å². The van der Waals surface area contributed by atoms with Gasteiger partial charge in [0.2, 0.25) is 5.84 Å². The van der Waals surface area contributed by atoms with Gasteiger partial charge in [-0.25, -0.2) is 0 Å². The number of aromatic nitrogens is 1. The second-order valence-corrected chi connectivity index (χ2v) is 7.44. The highest BCUT2D eigenvalue weighted by molar-refractivity contribution is 7.09. The van der Waals surface area contributed by atoms with Crippen LogP contribution in [0.3, 0.4) is 0 Å². The average molecular weight is 396 g/mol. The van der Waals surface area contributed by atoms with Crippen LogP contribution in [-0.2, 0) is 11.4 Å². The number of hydrogen-bond acceptors (Lipinski definition) is 4. The Balaban J connectivity index is 2.62. The molecule has 0 aliphatic heterocycles. The summed E-state index contributed by atoms with van der Waals surface area (Å²) in [5.74, 6) is 1.11. The Kier molecular flexibility index (Phi) is 7.72. The maximum atomic E-state index is 6.19. The number of thiazole rings is 1. The molecule has 0 saturated carbocycles. The maximum absolute atomic E-state index is 6.19. The molecule has 0 N–H and O–H groups in total. The van der Waals surface area contributed by atoms with Crippen molar-refractivity contribution in [2.75, 3.05) is 13.7 Å². The minimum Gasteiger partial charge on any atom is -0.496 e. The number of aryl methyl sites for hydroxylation is 1. The summed E-state index contributed by atoms with van der Waals surface area (Å²) in [6.07, 6.45) is 2.23. The molecule has 0 spiro atoms. The van der Waals surface area contributed by atoms with Gasteiger partial charge in [-0.1, -0.05) is 30.1 Å². The first-order chi connectivity index (χ1) is 12.5. The Bertz CT molecular complexity index is 840. The molecule has 1 aromatic heterocycles. The number of amidine groups is 1. The van der Waals surface area contributed by atoms with Crippen molar-refractivity contribution in [3.8, 4) is 5.75 Å². The maximum Gasteiger partial charge on any atom is 0.205 e. The molecule has 1 aromatic carbocycles. The van der Waals surface area contributed by atoms with Gasteiger partial charge in [0.05, 0.1) is 12.7 Å². The fourth-order valence-corrected chi connectivity index (χ4v) is 3.64. The summed E-state index contributed by atoms with van der Waals surface area (Å²) in [7, 11) is 1.62. The zero-order chi connectivity index (χ0) is 19.1. The molecule has 1 heterocycles. The van der Waals surface area contributed by atoms with E-state index in [0.717, 1.165) is 24.2 Å². The van der Waals surface area contributed by atoms with Gasteiger partial charge in [-0.2, -0.15) is 4.99 Å². The van der Waals surface area contributed by atoms with Crippen LogP contribution in [0.25, 0.3) is 0 Å². The molecule has 142 valence electrons. The highest BCUT2D eigenvalue weighted by atomic mass is 35.5. The molecule has 0 unspecified atom stereocenters. The number of ether oxygens (including phenoxy) is 1. The predicted molar refractivity (Wildman–Crippen MR) is 108 cm³/mol. The summed E-state index contributed by atoms with van der Waals surface area (Å²) >= 11 is 7.84. The molecule has 5 nitrogen and oxygen atoms in total. The summed E-state index contributed by atoms with van der Waals surface area (Å²) in [6, 6.07) is 5.39. The lowest BCUT2D eigenvalue weighted by molar-refractivity contribution is 0.158. The first-order valence-electron chi connectivity index (χ1n) is 8.77. The van der Waals surface area contributed by atoms with E-state index in [1.54, 1.807) is 30.6 Å². The Labute approximate surface area is 163 Å². The molecular formula is C19H26ClN3O2S. The fourth-order valence-electron chi connectivity index (χ4n) is 2.46. The van der Waals surface area contributed by atoms with Crippen LogP contribution in [0.1, 0.15) is 42.8 Å². The van der Waals surface area contributed by atoms with Crippen LogP contribution in [0.2, 0.25) is 5.02 Å². The van der Waals surface area contributed by atoms with Gasteiger partial charge in [0, 0.05) is 22.1 Å². The lowest BCUT2D eigenvalue weighted by Crippen LogP contribution is -2.19. The highest BCUT2D eigenvalue weighted by Crippen LogP contribution is 2.24. The van der Waals surface area contributed by atoms with Gasteiger partial charge < -0.3 is 14.1 Å². The Morgan fingerprint density at radius 3 is 2.69 bits per heavy atom. The molecule has 2 aromatic rings. The lowest BCUT2D eigenvalue weighted by atomic mass is 10.2. The van der Waals surface area contributed by atoms with Crippen LogP contribution < -0.4 is 9.54 Å². The van der Waals surface area contributed by atoms with Crippen molar-refractivity contribution in [3.63, 3.8) is 0 Å². The zero-order valence-electron chi connectivity index (χ0n) is 16.0. The van der Waals surface area contributed by atoms with Crippen LogP contribution in [-0.4, -0.2) is 24.1 Å². The lowest BCUT2D eigenvalue weighted by Gasteiger charge is -2.09. The molecule has 7 heteroatoms. The van der Waals surface area contributed by atoms with Gasteiger partial charge in [0.1, 0.15) is 12.4 Å². The number of nitrogens with zero attached hydrogens (tertiary/aromatic N) is 3. The van der Waals surface area contributed by atoms with Crippen molar-refractivity contribution >= 4 is 28.8 Å². The molecule has 0 amide bonds. The molecule has 0 bridgehead atoms. The minimum absolute atomic E-state index is 0.456. The number of hydrogen-bond donors (Lipinski definition) is 0. The number of unbranched alkanes of at least 4 members (excludes halogenated alkanes) is 1.